The molecule has 2 aliphatic rings. The van der Waals surface area contributed by atoms with E-state index in [0.717, 1.165) is 25.3 Å². The first-order chi connectivity index (χ1) is 11.7. The van der Waals surface area contributed by atoms with Gasteiger partial charge in [-0.05, 0) is 63.4 Å². The molecule has 2 aliphatic heterocycles. The van der Waals surface area contributed by atoms with E-state index in [0.29, 0.717) is 12.6 Å². The van der Waals surface area contributed by atoms with E-state index in [-0.39, 0.29) is 5.91 Å². The fraction of sp³-hybridized carbons (Fsp3) is 0.650. The quantitative estimate of drug-likeness (QED) is 0.910. The average Bonchev–Trinajstić information content (AvgIpc) is 2.87. The van der Waals surface area contributed by atoms with Gasteiger partial charge in [0.2, 0.25) is 5.91 Å². The monoisotopic (exact) mass is 329 g/mol. The van der Waals surface area contributed by atoms with Crippen LogP contribution >= 0.6 is 0 Å². The Balaban J connectivity index is 1.52. The largest absolute Gasteiger partial charge is 0.372 e. The number of nitrogens with zero attached hydrogens (tertiary/aromatic N) is 2. The van der Waals surface area contributed by atoms with E-state index in [1.165, 1.54) is 50.6 Å². The first-order valence-corrected chi connectivity index (χ1v) is 9.61. The lowest BCUT2D eigenvalue weighted by molar-refractivity contribution is -0.118. The van der Waals surface area contributed by atoms with E-state index in [9.17, 15) is 4.79 Å². The van der Waals surface area contributed by atoms with Crippen molar-refractivity contribution in [2.75, 3.05) is 36.4 Å². The molecule has 2 heterocycles. The van der Waals surface area contributed by atoms with Crippen LogP contribution in [0, 0.1) is 0 Å². The van der Waals surface area contributed by atoms with Gasteiger partial charge in [-0.1, -0.05) is 19.3 Å². The van der Waals surface area contributed by atoms with Crippen LogP contribution < -0.4 is 10.2 Å². The first-order valence-electron chi connectivity index (χ1n) is 9.61. The fourth-order valence-electron chi connectivity index (χ4n) is 3.86. The lowest BCUT2D eigenvalue weighted by atomic mass is 10.0. The Morgan fingerprint density at radius 1 is 1.00 bits per heavy atom. The molecule has 4 nitrogen and oxygen atoms in total. The normalized spacial score (nSPS) is 22.9. The van der Waals surface area contributed by atoms with Crippen molar-refractivity contribution in [3.05, 3.63) is 24.3 Å². The van der Waals surface area contributed by atoms with Crippen molar-refractivity contribution in [3.63, 3.8) is 0 Å². The summed E-state index contributed by atoms with van der Waals surface area (Å²) in [6, 6.07) is 8.89. The van der Waals surface area contributed by atoms with Crippen LogP contribution in [0.1, 0.15) is 51.9 Å². The molecule has 132 valence electrons. The molecule has 1 amide bonds. The van der Waals surface area contributed by atoms with E-state index >= 15 is 0 Å². The molecular weight excluding hydrogens is 298 g/mol. The van der Waals surface area contributed by atoms with E-state index in [4.69, 9.17) is 0 Å². The molecule has 1 aromatic carbocycles. The number of amides is 1. The number of hydrogen-bond acceptors (Lipinski definition) is 3. The zero-order valence-electron chi connectivity index (χ0n) is 15.0. The van der Waals surface area contributed by atoms with Crippen LogP contribution in [0.15, 0.2) is 24.3 Å². The standard InChI is InChI=1S/C20H31N3O/c1-17-8-4-7-15-23(17)16-20(24)21-18-9-11-19(12-10-18)22-13-5-2-3-6-14-22/h9-12,17H,2-8,13-16H2,1H3,(H,21,24)/t17-/m1/s1. The number of carbonyl (C=O) groups excluding carboxylic acids is 1. The number of benzene rings is 1. The molecule has 0 aromatic heterocycles. The van der Waals surface area contributed by atoms with E-state index in [1.54, 1.807) is 0 Å². The van der Waals surface area contributed by atoms with E-state index < -0.39 is 0 Å². The lowest BCUT2D eigenvalue weighted by Crippen LogP contribution is -2.42. The van der Waals surface area contributed by atoms with Gasteiger partial charge in [-0.3, -0.25) is 9.69 Å². The van der Waals surface area contributed by atoms with Crippen LogP contribution in [0.4, 0.5) is 11.4 Å². The predicted octanol–water partition coefficient (Wildman–Crippen LogP) is 3.88. The Morgan fingerprint density at radius 3 is 2.33 bits per heavy atom. The van der Waals surface area contributed by atoms with Crippen LogP contribution in [-0.4, -0.2) is 43.0 Å². The van der Waals surface area contributed by atoms with E-state index in [2.05, 4.69) is 34.2 Å². The summed E-state index contributed by atoms with van der Waals surface area (Å²) in [5.74, 6) is 0.103. The molecule has 3 rings (SSSR count). The van der Waals surface area contributed by atoms with Gasteiger partial charge in [0.25, 0.3) is 0 Å². The Morgan fingerprint density at radius 2 is 1.67 bits per heavy atom. The van der Waals surface area contributed by atoms with Crippen molar-refractivity contribution in [3.8, 4) is 0 Å². The van der Waals surface area contributed by atoms with Gasteiger partial charge < -0.3 is 10.2 Å². The first kappa shape index (κ1) is 17.3. The lowest BCUT2D eigenvalue weighted by Gasteiger charge is -2.32. The number of carbonyl (C=O) groups is 1. The third-order valence-corrected chi connectivity index (χ3v) is 5.41. The number of nitrogens with one attached hydrogen (secondary N) is 1. The van der Waals surface area contributed by atoms with Crippen molar-refractivity contribution in [1.29, 1.82) is 0 Å². The summed E-state index contributed by atoms with van der Waals surface area (Å²) in [5, 5.41) is 3.05. The summed E-state index contributed by atoms with van der Waals surface area (Å²) < 4.78 is 0. The maximum atomic E-state index is 12.3. The minimum atomic E-state index is 0.103. The highest BCUT2D eigenvalue weighted by Gasteiger charge is 2.20. The van der Waals surface area contributed by atoms with Gasteiger partial charge in [-0.2, -0.15) is 0 Å². The summed E-state index contributed by atoms with van der Waals surface area (Å²) in [4.78, 5) is 17.1. The molecule has 1 atom stereocenters. The highest BCUT2D eigenvalue weighted by molar-refractivity contribution is 5.92. The van der Waals surface area contributed by atoms with Crippen molar-refractivity contribution < 1.29 is 4.79 Å². The molecule has 4 heteroatoms. The van der Waals surface area contributed by atoms with Crippen LogP contribution in [0.3, 0.4) is 0 Å². The highest BCUT2D eigenvalue weighted by atomic mass is 16.2. The minimum Gasteiger partial charge on any atom is -0.372 e. The van der Waals surface area contributed by atoms with Crippen LogP contribution in [0.25, 0.3) is 0 Å². The molecular formula is C20H31N3O. The summed E-state index contributed by atoms with van der Waals surface area (Å²) in [5.41, 5.74) is 2.18. The van der Waals surface area contributed by atoms with Gasteiger partial charge >= 0.3 is 0 Å². The number of likely N-dealkylation sites (tertiary alicyclic amines) is 1. The highest BCUT2D eigenvalue weighted by Crippen LogP contribution is 2.22. The maximum absolute atomic E-state index is 12.3. The summed E-state index contributed by atoms with van der Waals surface area (Å²) in [7, 11) is 0. The van der Waals surface area contributed by atoms with Crippen LogP contribution in [0.5, 0.6) is 0 Å². The van der Waals surface area contributed by atoms with Crippen molar-refractivity contribution >= 4 is 17.3 Å². The van der Waals surface area contributed by atoms with Gasteiger partial charge in [0, 0.05) is 30.5 Å². The Bertz CT molecular complexity index is 520. The van der Waals surface area contributed by atoms with Crippen molar-refractivity contribution in [1.82, 2.24) is 4.90 Å². The topological polar surface area (TPSA) is 35.6 Å². The van der Waals surface area contributed by atoms with Gasteiger partial charge in [-0.15, -0.1) is 0 Å². The number of rotatable bonds is 4. The predicted molar refractivity (Wildman–Crippen MR) is 101 cm³/mol. The molecule has 1 aromatic rings. The van der Waals surface area contributed by atoms with Crippen molar-refractivity contribution in [2.45, 2.75) is 57.9 Å². The van der Waals surface area contributed by atoms with E-state index in [1.807, 2.05) is 12.1 Å². The molecule has 2 saturated heterocycles. The Labute approximate surface area is 146 Å². The van der Waals surface area contributed by atoms with Gasteiger partial charge in [0.05, 0.1) is 6.54 Å². The zero-order chi connectivity index (χ0) is 16.8. The van der Waals surface area contributed by atoms with Gasteiger partial charge in [0.15, 0.2) is 0 Å². The smallest absolute Gasteiger partial charge is 0.238 e. The van der Waals surface area contributed by atoms with Gasteiger partial charge in [-0.25, -0.2) is 0 Å². The van der Waals surface area contributed by atoms with Crippen LogP contribution in [-0.2, 0) is 4.79 Å². The molecule has 0 saturated carbocycles. The second-order valence-corrected chi connectivity index (χ2v) is 7.31. The van der Waals surface area contributed by atoms with Crippen LogP contribution in [0.2, 0.25) is 0 Å². The maximum Gasteiger partial charge on any atom is 0.238 e. The minimum absolute atomic E-state index is 0.103. The molecule has 0 bridgehead atoms. The molecule has 0 spiro atoms. The molecule has 24 heavy (non-hydrogen) atoms. The molecule has 2 fully saturated rings. The number of piperidine rings is 1. The number of anilines is 2. The SMILES string of the molecule is C[C@@H]1CCCCN1CC(=O)Nc1ccc(N2CCCCCC2)cc1. The second kappa shape index (κ2) is 8.52. The Hall–Kier alpha value is -1.55. The number of hydrogen-bond donors (Lipinski definition) is 1. The van der Waals surface area contributed by atoms with Gasteiger partial charge in [0.1, 0.15) is 0 Å². The fourth-order valence-corrected chi connectivity index (χ4v) is 3.86. The summed E-state index contributed by atoms with van der Waals surface area (Å²) in [6.45, 7) is 6.08. The zero-order valence-corrected chi connectivity index (χ0v) is 15.0. The summed E-state index contributed by atoms with van der Waals surface area (Å²) in [6.07, 6.45) is 8.97. The molecule has 0 unspecified atom stereocenters. The molecule has 0 aliphatic carbocycles. The molecule has 0 radical (unpaired) electrons. The Kier molecular flexibility index (Phi) is 6.13. The second-order valence-electron chi connectivity index (χ2n) is 7.31. The molecule has 1 N–H and O–H groups in total. The summed E-state index contributed by atoms with van der Waals surface area (Å²) >= 11 is 0. The third-order valence-electron chi connectivity index (χ3n) is 5.41. The average molecular weight is 329 g/mol. The van der Waals surface area contributed by atoms with Crippen molar-refractivity contribution in [2.24, 2.45) is 0 Å². The third kappa shape index (κ3) is 4.73.